The maximum Gasteiger partial charge on any atom is 0.278 e. The van der Waals surface area contributed by atoms with Gasteiger partial charge in [0.05, 0.1) is 6.54 Å². The summed E-state index contributed by atoms with van der Waals surface area (Å²) in [5, 5.41) is 12.8. The summed E-state index contributed by atoms with van der Waals surface area (Å²) in [6.45, 7) is 2.43. The van der Waals surface area contributed by atoms with Crippen LogP contribution in [-0.2, 0) is 13.3 Å². The lowest BCUT2D eigenvalue weighted by Crippen LogP contribution is -2.15. The van der Waals surface area contributed by atoms with Gasteiger partial charge in [0, 0.05) is 21.3 Å². The number of nitrogens with one attached hydrogen (secondary N) is 1. The van der Waals surface area contributed by atoms with Crippen molar-refractivity contribution < 1.29 is 9.53 Å². The van der Waals surface area contributed by atoms with Crippen LogP contribution >= 0.6 is 34.8 Å². The number of carbonyl (C=O) groups excluding carboxylic acids is 1. The summed E-state index contributed by atoms with van der Waals surface area (Å²) in [4.78, 5) is 16.6. The van der Waals surface area contributed by atoms with E-state index in [1.54, 1.807) is 41.2 Å². The van der Waals surface area contributed by atoms with Crippen LogP contribution in [0.1, 0.15) is 21.6 Å². The minimum atomic E-state index is -0.436. The Morgan fingerprint density at radius 3 is 2.59 bits per heavy atom. The van der Waals surface area contributed by atoms with Crippen LogP contribution in [-0.4, -0.2) is 30.5 Å². The Kier molecular flexibility index (Phi) is 6.64. The molecule has 0 aliphatic carbocycles. The molecule has 4 aromatic rings. The van der Waals surface area contributed by atoms with Crippen LogP contribution in [0, 0.1) is 6.92 Å². The quantitative estimate of drug-likeness (QED) is 0.389. The van der Waals surface area contributed by atoms with Crippen LogP contribution in [0.25, 0.3) is 0 Å². The molecule has 2 aromatic heterocycles. The molecular weight excluding hydrogens is 475 g/mol. The minimum absolute atomic E-state index is 0.143. The number of hydrogen-bond donors (Lipinski definition) is 1. The fourth-order valence-corrected chi connectivity index (χ4v) is 3.58. The monoisotopic (exact) mass is 490 g/mol. The number of anilines is 1. The molecule has 1 N–H and O–H groups in total. The zero-order chi connectivity index (χ0) is 22.7. The Labute approximate surface area is 198 Å². The number of halogens is 3. The first-order chi connectivity index (χ1) is 15.4. The highest BCUT2D eigenvalue weighted by molar-refractivity contribution is 6.35. The molecular formula is C21H17Cl3N6O2. The molecule has 0 saturated carbocycles. The zero-order valence-electron chi connectivity index (χ0n) is 16.8. The SMILES string of the molecule is Cc1cc(Cl)ccc1OCn1ccc(C(=O)Nc2ncn(Cc3ccc(Cl)cc3Cl)n2)n1. The molecule has 0 saturated heterocycles. The van der Waals surface area contributed by atoms with Gasteiger partial charge in [-0.1, -0.05) is 40.9 Å². The van der Waals surface area contributed by atoms with Crippen LogP contribution < -0.4 is 10.1 Å². The van der Waals surface area contributed by atoms with Gasteiger partial charge in [-0.15, -0.1) is 5.10 Å². The average Bonchev–Trinajstić information content (AvgIpc) is 3.39. The van der Waals surface area contributed by atoms with Gasteiger partial charge in [-0.05, 0) is 54.4 Å². The van der Waals surface area contributed by atoms with Gasteiger partial charge in [0.15, 0.2) is 12.4 Å². The molecule has 0 spiro atoms. The van der Waals surface area contributed by atoms with Crippen molar-refractivity contribution in [2.75, 3.05) is 5.32 Å². The Morgan fingerprint density at radius 1 is 1.03 bits per heavy atom. The van der Waals surface area contributed by atoms with E-state index < -0.39 is 5.91 Å². The molecule has 0 unspecified atom stereocenters. The normalized spacial score (nSPS) is 10.9. The fraction of sp³-hybridized carbons (Fsp3) is 0.143. The molecule has 164 valence electrons. The van der Waals surface area contributed by atoms with Gasteiger partial charge in [-0.2, -0.15) is 5.10 Å². The molecule has 2 heterocycles. The highest BCUT2D eigenvalue weighted by atomic mass is 35.5. The van der Waals surface area contributed by atoms with E-state index in [1.165, 1.54) is 11.0 Å². The van der Waals surface area contributed by atoms with Gasteiger partial charge >= 0.3 is 0 Å². The molecule has 32 heavy (non-hydrogen) atoms. The molecule has 0 aliphatic heterocycles. The van der Waals surface area contributed by atoms with Gasteiger partial charge in [-0.3, -0.25) is 10.1 Å². The van der Waals surface area contributed by atoms with Crippen LogP contribution in [0.5, 0.6) is 5.75 Å². The summed E-state index contributed by atoms with van der Waals surface area (Å²) >= 11 is 18.1. The second-order valence-electron chi connectivity index (χ2n) is 6.88. The Morgan fingerprint density at radius 2 is 1.81 bits per heavy atom. The van der Waals surface area contributed by atoms with Crippen molar-refractivity contribution in [3.63, 3.8) is 0 Å². The lowest BCUT2D eigenvalue weighted by Gasteiger charge is -2.09. The number of aryl methyl sites for hydroxylation is 1. The lowest BCUT2D eigenvalue weighted by molar-refractivity contribution is 0.101. The number of carbonyl (C=O) groups is 1. The molecule has 0 atom stereocenters. The van der Waals surface area contributed by atoms with Crippen molar-refractivity contribution in [2.45, 2.75) is 20.2 Å². The van der Waals surface area contributed by atoms with Crippen molar-refractivity contribution in [3.8, 4) is 5.75 Å². The average molecular weight is 492 g/mol. The van der Waals surface area contributed by atoms with Crippen molar-refractivity contribution in [1.29, 1.82) is 0 Å². The molecule has 11 heteroatoms. The highest BCUT2D eigenvalue weighted by Gasteiger charge is 2.13. The number of aromatic nitrogens is 5. The lowest BCUT2D eigenvalue weighted by atomic mass is 10.2. The van der Waals surface area contributed by atoms with E-state index in [-0.39, 0.29) is 18.4 Å². The summed E-state index contributed by atoms with van der Waals surface area (Å²) in [6, 6.07) is 12.1. The summed E-state index contributed by atoms with van der Waals surface area (Å²) in [5.41, 5.74) is 1.94. The smallest absolute Gasteiger partial charge is 0.278 e. The largest absolute Gasteiger partial charge is 0.471 e. The molecule has 4 rings (SSSR count). The Hall–Kier alpha value is -3.07. The molecule has 1 amide bonds. The first-order valence-electron chi connectivity index (χ1n) is 9.44. The van der Waals surface area contributed by atoms with E-state index in [0.29, 0.717) is 27.4 Å². The Bertz CT molecular complexity index is 1270. The van der Waals surface area contributed by atoms with Gasteiger partial charge in [0.2, 0.25) is 5.95 Å². The van der Waals surface area contributed by atoms with E-state index in [9.17, 15) is 4.79 Å². The number of ether oxygens (including phenoxy) is 1. The van der Waals surface area contributed by atoms with E-state index in [2.05, 4.69) is 20.5 Å². The van der Waals surface area contributed by atoms with Crippen molar-refractivity contribution in [1.82, 2.24) is 24.5 Å². The van der Waals surface area contributed by atoms with Gasteiger partial charge in [-0.25, -0.2) is 14.3 Å². The number of benzene rings is 2. The standard InChI is InChI=1S/C21H17Cl3N6O2/c1-13-8-15(22)4-5-19(13)32-12-29-7-6-18(27-29)20(31)26-21-25-11-30(28-21)10-14-2-3-16(23)9-17(14)24/h2-9,11H,10,12H2,1H3,(H,26,28,31). The van der Waals surface area contributed by atoms with E-state index >= 15 is 0 Å². The van der Waals surface area contributed by atoms with Crippen molar-refractivity contribution in [3.05, 3.63) is 86.9 Å². The molecule has 2 aromatic carbocycles. The van der Waals surface area contributed by atoms with Gasteiger partial charge < -0.3 is 4.74 Å². The van der Waals surface area contributed by atoms with Crippen molar-refractivity contribution in [2.24, 2.45) is 0 Å². The second kappa shape index (κ2) is 9.60. The van der Waals surface area contributed by atoms with Crippen LogP contribution in [0.4, 0.5) is 5.95 Å². The van der Waals surface area contributed by atoms with Gasteiger partial charge in [0.1, 0.15) is 12.1 Å². The predicted molar refractivity (Wildman–Crippen MR) is 123 cm³/mol. The first-order valence-corrected chi connectivity index (χ1v) is 10.6. The van der Waals surface area contributed by atoms with E-state index in [1.807, 2.05) is 19.1 Å². The van der Waals surface area contributed by atoms with Crippen LogP contribution in [0.2, 0.25) is 15.1 Å². The third-order valence-corrected chi connectivity index (χ3v) is 5.29. The first kappa shape index (κ1) is 22.1. The number of nitrogens with zero attached hydrogens (tertiary/aromatic N) is 5. The summed E-state index contributed by atoms with van der Waals surface area (Å²) in [7, 11) is 0. The topological polar surface area (TPSA) is 86.9 Å². The second-order valence-corrected chi connectivity index (χ2v) is 8.16. The molecule has 0 fully saturated rings. The zero-order valence-corrected chi connectivity index (χ0v) is 19.1. The number of amides is 1. The molecule has 8 nitrogen and oxygen atoms in total. The minimum Gasteiger partial charge on any atom is -0.471 e. The third kappa shape index (κ3) is 5.40. The summed E-state index contributed by atoms with van der Waals surface area (Å²) < 4.78 is 8.80. The van der Waals surface area contributed by atoms with Crippen LogP contribution in [0.15, 0.2) is 55.0 Å². The molecule has 0 radical (unpaired) electrons. The third-order valence-electron chi connectivity index (χ3n) is 4.47. The highest BCUT2D eigenvalue weighted by Crippen LogP contribution is 2.23. The maximum absolute atomic E-state index is 12.5. The summed E-state index contributed by atoms with van der Waals surface area (Å²) in [5.74, 6) is 0.405. The number of hydrogen-bond acceptors (Lipinski definition) is 5. The summed E-state index contributed by atoms with van der Waals surface area (Å²) in [6.07, 6.45) is 3.15. The maximum atomic E-state index is 12.5. The Balaban J connectivity index is 1.35. The fourth-order valence-electron chi connectivity index (χ4n) is 2.88. The molecule has 0 aliphatic rings. The van der Waals surface area contributed by atoms with Gasteiger partial charge in [0.25, 0.3) is 5.91 Å². The van der Waals surface area contributed by atoms with Crippen LogP contribution in [0.3, 0.4) is 0 Å². The number of rotatable bonds is 7. The van der Waals surface area contributed by atoms with Crippen molar-refractivity contribution >= 4 is 46.7 Å². The van der Waals surface area contributed by atoms with E-state index in [0.717, 1.165) is 11.1 Å². The van der Waals surface area contributed by atoms with E-state index in [4.69, 9.17) is 39.5 Å². The molecule has 0 bridgehead atoms. The predicted octanol–water partition coefficient (Wildman–Crippen LogP) is 5.08.